The Labute approximate surface area is 96.0 Å². The fourth-order valence-corrected chi connectivity index (χ4v) is 1.64. The van der Waals surface area contributed by atoms with Crippen LogP contribution >= 0.6 is 23.2 Å². The zero-order valence-corrected chi connectivity index (χ0v) is 9.16. The van der Waals surface area contributed by atoms with E-state index < -0.39 is 22.8 Å². The number of Topliss-reactive ketones (excluding diaryl/α,β-unsaturated/α-hetero) is 1. The molecule has 0 radical (unpaired) electrons. The number of alkyl halides is 2. The van der Waals surface area contributed by atoms with Crippen LogP contribution in [0.25, 0.3) is 0 Å². The van der Waals surface area contributed by atoms with Crippen LogP contribution in [-0.4, -0.2) is 17.0 Å². The highest BCUT2D eigenvalue weighted by Crippen LogP contribution is 2.16. The van der Waals surface area contributed by atoms with E-state index in [1.807, 2.05) is 0 Å². The Morgan fingerprint density at radius 2 is 2.07 bits per heavy atom. The Morgan fingerprint density at radius 3 is 2.67 bits per heavy atom. The quantitative estimate of drug-likeness (QED) is 0.593. The van der Waals surface area contributed by atoms with Crippen molar-refractivity contribution in [2.45, 2.75) is 11.8 Å². The molecule has 0 aliphatic heterocycles. The molecule has 0 heterocycles. The molecule has 5 heteroatoms. The lowest BCUT2D eigenvalue weighted by molar-refractivity contribution is 0.0981. The Balaban J connectivity index is 2.95. The Kier molecular flexibility index (Phi) is 4.48. The summed E-state index contributed by atoms with van der Waals surface area (Å²) in [5.41, 5.74) is -0.333. The van der Waals surface area contributed by atoms with E-state index in [4.69, 9.17) is 23.2 Å². The third kappa shape index (κ3) is 3.14. The maximum atomic E-state index is 13.1. The first-order valence-corrected chi connectivity index (χ1v) is 5.22. The molecule has 0 amide bonds. The lowest BCUT2D eigenvalue weighted by atomic mass is 10.1. The largest absolute Gasteiger partial charge is 0.292 e. The zero-order valence-electron chi connectivity index (χ0n) is 7.64. The van der Waals surface area contributed by atoms with Crippen LogP contribution in [0.5, 0.6) is 0 Å². The smallest absolute Gasteiger partial charge is 0.183 e. The van der Waals surface area contributed by atoms with Gasteiger partial charge in [-0.15, -0.1) is 23.2 Å². The number of benzene rings is 1. The van der Waals surface area contributed by atoms with Crippen LogP contribution in [0.1, 0.15) is 16.8 Å². The van der Waals surface area contributed by atoms with Crippen molar-refractivity contribution in [1.82, 2.24) is 0 Å². The van der Waals surface area contributed by atoms with E-state index in [2.05, 4.69) is 0 Å². The van der Waals surface area contributed by atoms with E-state index in [0.29, 0.717) is 0 Å². The molecule has 15 heavy (non-hydrogen) atoms. The number of ketones is 1. The average molecular weight is 253 g/mol. The number of hydrogen-bond donors (Lipinski definition) is 0. The summed E-state index contributed by atoms with van der Waals surface area (Å²) in [6.07, 6.45) is 0.220. The number of hydrogen-bond acceptors (Lipinski definition) is 1. The maximum absolute atomic E-state index is 13.1. The van der Waals surface area contributed by atoms with Crippen molar-refractivity contribution in [2.24, 2.45) is 0 Å². The summed E-state index contributed by atoms with van der Waals surface area (Å²) >= 11 is 11.1. The van der Waals surface area contributed by atoms with E-state index >= 15 is 0 Å². The first kappa shape index (κ1) is 12.4. The molecule has 0 N–H and O–H groups in total. The summed E-state index contributed by atoms with van der Waals surface area (Å²) in [5.74, 6) is -1.90. The van der Waals surface area contributed by atoms with Gasteiger partial charge in [0.15, 0.2) is 5.78 Å². The highest BCUT2D eigenvalue weighted by Gasteiger charge is 2.20. The van der Waals surface area contributed by atoms with Crippen molar-refractivity contribution in [1.29, 1.82) is 0 Å². The number of carbonyl (C=O) groups excluding carboxylic acids is 1. The van der Waals surface area contributed by atoms with Crippen molar-refractivity contribution >= 4 is 29.0 Å². The molecule has 82 valence electrons. The van der Waals surface area contributed by atoms with Crippen molar-refractivity contribution in [3.63, 3.8) is 0 Å². The molecule has 1 aromatic rings. The van der Waals surface area contributed by atoms with E-state index in [0.717, 1.165) is 18.2 Å². The fourth-order valence-electron chi connectivity index (χ4n) is 1.08. The number of carbonyl (C=O) groups is 1. The van der Waals surface area contributed by atoms with Gasteiger partial charge in [-0.2, -0.15) is 0 Å². The first-order valence-electron chi connectivity index (χ1n) is 4.25. The van der Waals surface area contributed by atoms with Gasteiger partial charge in [-0.1, -0.05) is 0 Å². The third-order valence-corrected chi connectivity index (χ3v) is 2.48. The fraction of sp³-hybridized carbons (Fsp3) is 0.300. The highest BCUT2D eigenvalue weighted by molar-refractivity contribution is 6.34. The van der Waals surface area contributed by atoms with Crippen molar-refractivity contribution < 1.29 is 13.6 Å². The van der Waals surface area contributed by atoms with E-state index in [1.54, 1.807) is 0 Å². The topological polar surface area (TPSA) is 17.1 Å². The Bertz CT molecular complexity index is 368. The molecular weight excluding hydrogens is 245 g/mol. The van der Waals surface area contributed by atoms with Gasteiger partial charge in [0.1, 0.15) is 11.6 Å². The summed E-state index contributed by atoms with van der Waals surface area (Å²) < 4.78 is 25.9. The summed E-state index contributed by atoms with van der Waals surface area (Å²) in [5, 5.41) is -0.918. The SMILES string of the molecule is O=C(c1cc(F)ccc1F)C(Cl)CCCl. The lowest BCUT2D eigenvalue weighted by Crippen LogP contribution is -2.17. The van der Waals surface area contributed by atoms with Crippen LogP contribution in [-0.2, 0) is 0 Å². The number of halogens is 4. The Hall–Kier alpha value is -0.670. The monoisotopic (exact) mass is 252 g/mol. The van der Waals surface area contributed by atoms with Crippen LogP contribution < -0.4 is 0 Å². The molecule has 0 spiro atoms. The van der Waals surface area contributed by atoms with Gasteiger partial charge in [0.2, 0.25) is 0 Å². The molecule has 1 atom stereocenters. The molecule has 0 aliphatic carbocycles. The molecule has 0 aliphatic rings. The predicted molar refractivity (Wildman–Crippen MR) is 55.7 cm³/mol. The molecule has 1 rings (SSSR count). The zero-order chi connectivity index (χ0) is 11.4. The van der Waals surface area contributed by atoms with Crippen LogP contribution in [0.15, 0.2) is 18.2 Å². The van der Waals surface area contributed by atoms with Crippen LogP contribution in [0.2, 0.25) is 0 Å². The van der Waals surface area contributed by atoms with E-state index in [9.17, 15) is 13.6 Å². The van der Waals surface area contributed by atoms with E-state index in [1.165, 1.54) is 0 Å². The molecule has 0 aromatic heterocycles. The van der Waals surface area contributed by atoms with Gasteiger partial charge in [0.05, 0.1) is 10.9 Å². The first-order chi connectivity index (χ1) is 7.06. The minimum Gasteiger partial charge on any atom is -0.292 e. The van der Waals surface area contributed by atoms with Gasteiger partial charge < -0.3 is 0 Å². The van der Waals surface area contributed by atoms with Gasteiger partial charge in [-0.25, -0.2) is 8.78 Å². The molecule has 0 fully saturated rings. The second-order valence-corrected chi connectivity index (χ2v) is 3.84. The van der Waals surface area contributed by atoms with Crippen LogP contribution in [0.4, 0.5) is 8.78 Å². The molecule has 1 unspecified atom stereocenters. The Morgan fingerprint density at radius 1 is 1.40 bits per heavy atom. The van der Waals surface area contributed by atoms with Crippen molar-refractivity contribution in [3.05, 3.63) is 35.4 Å². The normalized spacial score (nSPS) is 12.5. The molecule has 0 bridgehead atoms. The molecule has 1 aromatic carbocycles. The predicted octanol–water partition coefficient (Wildman–Crippen LogP) is 3.38. The second-order valence-electron chi connectivity index (χ2n) is 2.93. The van der Waals surface area contributed by atoms with Gasteiger partial charge in [-0.05, 0) is 24.6 Å². The summed E-state index contributed by atoms with van der Waals surface area (Å²) in [7, 11) is 0. The highest BCUT2D eigenvalue weighted by atomic mass is 35.5. The lowest BCUT2D eigenvalue weighted by Gasteiger charge is -2.07. The van der Waals surface area contributed by atoms with Crippen LogP contribution in [0.3, 0.4) is 0 Å². The number of rotatable bonds is 4. The third-order valence-electron chi connectivity index (χ3n) is 1.84. The molecular formula is C10H8Cl2F2O. The average Bonchev–Trinajstić information content (AvgIpc) is 2.21. The minimum absolute atomic E-state index is 0.191. The van der Waals surface area contributed by atoms with E-state index in [-0.39, 0.29) is 17.9 Å². The molecule has 0 saturated heterocycles. The van der Waals surface area contributed by atoms with Gasteiger partial charge >= 0.3 is 0 Å². The van der Waals surface area contributed by atoms with Crippen molar-refractivity contribution in [3.8, 4) is 0 Å². The minimum atomic E-state index is -0.918. The summed E-state index contributed by atoms with van der Waals surface area (Å²) in [6.45, 7) is 0. The van der Waals surface area contributed by atoms with Crippen LogP contribution in [0, 0.1) is 11.6 Å². The summed E-state index contributed by atoms with van der Waals surface area (Å²) in [4.78, 5) is 11.5. The van der Waals surface area contributed by atoms with Gasteiger partial charge in [0.25, 0.3) is 0 Å². The standard InChI is InChI=1S/C10H8Cl2F2O/c11-4-3-8(12)10(15)7-5-6(13)1-2-9(7)14/h1-2,5,8H,3-4H2. The second kappa shape index (κ2) is 5.42. The van der Waals surface area contributed by atoms with Crippen molar-refractivity contribution in [2.75, 3.05) is 5.88 Å². The molecule has 1 nitrogen and oxygen atoms in total. The van der Waals surface area contributed by atoms with Gasteiger partial charge in [0, 0.05) is 5.88 Å². The maximum Gasteiger partial charge on any atom is 0.183 e. The van der Waals surface area contributed by atoms with Gasteiger partial charge in [-0.3, -0.25) is 4.79 Å². The molecule has 0 saturated carbocycles. The summed E-state index contributed by atoms with van der Waals surface area (Å²) in [6, 6.07) is 2.67.